The summed E-state index contributed by atoms with van der Waals surface area (Å²) in [5.74, 6) is 0.841. The van der Waals surface area contributed by atoms with E-state index in [-0.39, 0.29) is 28.0 Å². The number of nitrogens with zero attached hydrogens (tertiary/aromatic N) is 2. The first kappa shape index (κ1) is 25.3. The van der Waals surface area contributed by atoms with E-state index in [9.17, 15) is 9.18 Å². The molecule has 0 aliphatic heterocycles. The average molecular weight is 524 g/mol. The molecule has 0 saturated heterocycles. The van der Waals surface area contributed by atoms with Crippen molar-refractivity contribution < 1.29 is 13.9 Å². The summed E-state index contributed by atoms with van der Waals surface area (Å²) in [4.78, 5) is 23.0. The van der Waals surface area contributed by atoms with E-state index in [1.54, 1.807) is 31.0 Å². The van der Waals surface area contributed by atoms with Gasteiger partial charge in [-0.3, -0.25) is 4.79 Å². The topological polar surface area (TPSA) is 88.2 Å². The number of hydrogen-bond acceptors (Lipinski definition) is 7. The highest BCUT2D eigenvalue weighted by atomic mass is 35.5. The zero-order valence-corrected chi connectivity index (χ0v) is 21.1. The molecule has 0 aliphatic rings. The Morgan fingerprint density at radius 1 is 1.06 bits per heavy atom. The van der Waals surface area contributed by atoms with Gasteiger partial charge in [-0.1, -0.05) is 36.7 Å². The highest BCUT2D eigenvalue weighted by Crippen LogP contribution is 2.31. The van der Waals surface area contributed by atoms with Crippen LogP contribution in [-0.4, -0.2) is 28.7 Å². The normalized spacial score (nSPS) is 10.6. The van der Waals surface area contributed by atoms with Crippen LogP contribution in [0, 0.1) is 5.82 Å². The standard InChI is InChI=1S/C26H23ClFN5O2S/c1-3-36-22-10-5-4-9-21(22)31-24-18(25(34)32-23-19(27)7-6-8-20(23)28)15-29-26(33-24)30-16-11-13-17(35-2)14-12-16/h4-15H,3H2,1-2H3,(H,32,34)(H2,29,30,31,33). The summed E-state index contributed by atoms with van der Waals surface area (Å²) in [6.45, 7) is 2.06. The van der Waals surface area contributed by atoms with Gasteiger partial charge in [0.25, 0.3) is 5.91 Å². The van der Waals surface area contributed by atoms with E-state index in [1.165, 1.54) is 24.4 Å². The summed E-state index contributed by atoms with van der Waals surface area (Å²) < 4.78 is 19.5. The molecule has 0 fully saturated rings. The number of carbonyl (C=O) groups excluding carboxylic acids is 1. The van der Waals surface area contributed by atoms with Crippen molar-refractivity contribution in [1.82, 2.24) is 9.97 Å². The summed E-state index contributed by atoms with van der Waals surface area (Å²) in [5, 5.41) is 8.99. The van der Waals surface area contributed by atoms with E-state index in [0.29, 0.717) is 5.75 Å². The van der Waals surface area contributed by atoms with Gasteiger partial charge >= 0.3 is 0 Å². The fraction of sp³-hybridized carbons (Fsp3) is 0.115. The lowest BCUT2D eigenvalue weighted by Crippen LogP contribution is -2.17. The van der Waals surface area contributed by atoms with Crippen LogP contribution >= 0.6 is 23.4 Å². The van der Waals surface area contributed by atoms with Crippen LogP contribution in [0.5, 0.6) is 5.75 Å². The molecule has 0 atom stereocenters. The van der Waals surface area contributed by atoms with Gasteiger partial charge in [-0.2, -0.15) is 4.98 Å². The summed E-state index contributed by atoms with van der Waals surface area (Å²) in [6, 6.07) is 19.1. The number of methoxy groups -OCH3 is 1. The maximum absolute atomic E-state index is 14.3. The largest absolute Gasteiger partial charge is 0.497 e. The molecule has 0 saturated carbocycles. The van der Waals surface area contributed by atoms with Gasteiger partial charge < -0.3 is 20.7 Å². The zero-order valence-electron chi connectivity index (χ0n) is 19.5. The van der Waals surface area contributed by atoms with Gasteiger partial charge in [0.2, 0.25) is 5.95 Å². The highest BCUT2D eigenvalue weighted by Gasteiger charge is 2.19. The minimum absolute atomic E-state index is 0.0845. The van der Waals surface area contributed by atoms with Crippen molar-refractivity contribution in [2.75, 3.05) is 28.8 Å². The summed E-state index contributed by atoms with van der Waals surface area (Å²) in [6.07, 6.45) is 1.38. The Hall–Kier alpha value is -3.82. The molecule has 4 rings (SSSR count). The van der Waals surface area contributed by atoms with E-state index in [0.717, 1.165) is 22.0 Å². The number of benzene rings is 3. The van der Waals surface area contributed by atoms with Crippen LogP contribution in [0.3, 0.4) is 0 Å². The van der Waals surface area contributed by atoms with Crippen LogP contribution in [0.1, 0.15) is 17.3 Å². The van der Waals surface area contributed by atoms with Gasteiger partial charge in [0.1, 0.15) is 22.9 Å². The van der Waals surface area contributed by atoms with E-state index in [1.807, 2.05) is 36.4 Å². The maximum Gasteiger partial charge on any atom is 0.261 e. The minimum Gasteiger partial charge on any atom is -0.497 e. The third kappa shape index (κ3) is 6.05. The van der Waals surface area contributed by atoms with Gasteiger partial charge in [0.05, 0.1) is 23.5 Å². The van der Waals surface area contributed by atoms with E-state index in [2.05, 4.69) is 32.8 Å². The molecular weight excluding hydrogens is 501 g/mol. The number of nitrogens with one attached hydrogen (secondary N) is 3. The number of thioether (sulfide) groups is 1. The first-order chi connectivity index (χ1) is 17.5. The molecule has 3 aromatic carbocycles. The number of halogens is 2. The second-order valence-corrected chi connectivity index (χ2v) is 9.13. The molecule has 1 aromatic heterocycles. The maximum atomic E-state index is 14.3. The van der Waals surface area contributed by atoms with E-state index < -0.39 is 11.7 Å². The minimum atomic E-state index is -0.645. The van der Waals surface area contributed by atoms with Crippen LogP contribution < -0.4 is 20.7 Å². The molecule has 0 bridgehead atoms. The van der Waals surface area contributed by atoms with Gasteiger partial charge in [-0.05, 0) is 54.3 Å². The van der Waals surface area contributed by atoms with Crippen molar-refractivity contribution in [1.29, 1.82) is 0 Å². The zero-order chi connectivity index (χ0) is 25.5. The Balaban J connectivity index is 1.69. The molecule has 0 aliphatic carbocycles. The first-order valence-electron chi connectivity index (χ1n) is 11.0. The fourth-order valence-electron chi connectivity index (χ4n) is 3.28. The van der Waals surface area contributed by atoms with Crippen LogP contribution in [0.2, 0.25) is 5.02 Å². The molecule has 0 spiro atoms. The number of hydrogen-bond donors (Lipinski definition) is 3. The van der Waals surface area contributed by atoms with E-state index in [4.69, 9.17) is 16.3 Å². The number of anilines is 5. The third-order valence-corrected chi connectivity index (χ3v) is 6.29. The molecule has 0 unspecified atom stereocenters. The Bertz CT molecular complexity index is 1350. The summed E-state index contributed by atoms with van der Waals surface area (Å²) >= 11 is 7.75. The molecule has 10 heteroatoms. The summed E-state index contributed by atoms with van der Waals surface area (Å²) in [7, 11) is 1.59. The SMILES string of the molecule is CCSc1ccccc1Nc1nc(Nc2ccc(OC)cc2)ncc1C(=O)Nc1c(F)cccc1Cl. The predicted molar refractivity (Wildman–Crippen MR) is 144 cm³/mol. The number of rotatable bonds is 9. The quantitative estimate of drug-likeness (QED) is 0.201. The van der Waals surface area contributed by atoms with Gasteiger partial charge in [-0.25, -0.2) is 9.37 Å². The number of ether oxygens (including phenoxy) is 1. The predicted octanol–water partition coefficient (Wildman–Crippen LogP) is 7.13. The van der Waals surface area contributed by atoms with Crippen LogP contribution in [0.4, 0.5) is 33.2 Å². The van der Waals surface area contributed by atoms with Crippen molar-refractivity contribution in [3.63, 3.8) is 0 Å². The molecule has 0 radical (unpaired) electrons. The molecule has 1 amide bonds. The monoisotopic (exact) mass is 523 g/mol. The van der Waals surface area contributed by atoms with Crippen molar-refractivity contribution >= 4 is 58.1 Å². The lowest BCUT2D eigenvalue weighted by molar-refractivity contribution is 0.102. The Kier molecular flexibility index (Phi) is 8.24. The van der Waals surface area contributed by atoms with Crippen molar-refractivity contribution in [3.8, 4) is 5.75 Å². The van der Waals surface area contributed by atoms with Gasteiger partial charge in [0, 0.05) is 16.8 Å². The van der Waals surface area contributed by atoms with E-state index >= 15 is 0 Å². The number of carbonyl (C=O) groups is 1. The molecule has 7 nitrogen and oxygen atoms in total. The third-order valence-electron chi connectivity index (χ3n) is 5.02. The second kappa shape index (κ2) is 11.7. The lowest BCUT2D eigenvalue weighted by Gasteiger charge is -2.16. The number of amides is 1. The molecule has 184 valence electrons. The average Bonchev–Trinajstić information content (AvgIpc) is 2.88. The molecular formula is C26H23ClFN5O2S. The second-order valence-electron chi connectivity index (χ2n) is 7.41. The number of aromatic nitrogens is 2. The molecule has 3 N–H and O–H groups in total. The molecule has 36 heavy (non-hydrogen) atoms. The van der Waals surface area contributed by atoms with Crippen LogP contribution in [0.25, 0.3) is 0 Å². The summed E-state index contributed by atoms with van der Waals surface area (Å²) in [5.41, 5.74) is 1.51. The van der Waals surface area contributed by atoms with Gasteiger partial charge in [0.15, 0.2) is 0 Å². The Morgan fingerprint density at radius 3 is 2.56 bits per heavy atom. The van der Waals surface area contributed by atoms with Crippen molar-refractivity contribution in [2.45, 2.75) is 11.8 Å². The smallest absolute Gasteiger partial charge is 0.261 e. The highest BCUT2D eigenvalue weighted by molar-refractivity contribution is 7.99. The van der Waals surface area contributed by atoms with Crippen LogP contribution in [-0.2, 0) is 0 Å². The van der Waals surface area contributed by atoms with Crippen molar-refractivity contribution in [2.24, 2.45) is 0 Å². The Morgan fingerprint density at radius 2 is 1.83 bits per heavy atom. The van der Waals surface area contributed by atoms with Crippen molar-refractivity contribution in [3.05, 3.63) is 89.3 Å². The van der Waals surface area contributed by atoms with Crippen LogP contribution in [0.15, 0.2) is 77.8 Å². The molecule has 4 aromatic rings. The number of para-hydroxylation sites is 2. The fourth-order valence-corrected chi connectivity index (χ4v) is 4.25. The lowest BCUT2D eigenvalue weighted by atomic mass is 10.2. The van der Waals surface area contributed by atoms with Gasteiger partial charge in [-0.15, -0.1) is 11.8 Å². The Labute approximate surface area is 217 Å². The molecule has 1 heterocycles. The first-order valence-corrected chi connectivity index (χ1v) is 12.4.